The van der Waals surface area contributed by atoms with Gasteiger partial charge in [-0.1, -0.05) is 19.8 Å². The molecule has 3 saturated heterocycles. The minimum Gasteiger partial charge on any atom is -0.372 e. The molecular weight excluding hydrogens is 348 g/mol. The van der Waals surface area contributed by atoms with Crippen molar-refractivity contribution >= 4 is 0 Å². The van der Waals surface area contributed by atoms with Gasteiger partial charge in [-0.2, -0.15) is 0 Å². The Bertz CT molecular complexity index is 513. The van der Waals surface area contributed by atoms with Crippen LogP contribution in [-0.2, 0) is 28.4 Å². The highest BCUT2D eigenvalue weighted by molar-refractivity contribution is 5.01. The van der Waals surface area contributed by atoms with E-state index in [1.807, 2.05) is 0 Å². The first-order valence-corrected chi connectivity index (χ1v) is 11.2. The molecule has 6 nitrogen and oxygen atoms in total. The lowest BCUT2D eigenvalue weighted by atomic mass is 9.94. The summed E-state index contributed by atoms with van der Waals surface area (Å²) in [6.45, 7) is 3.40. The van der Waals surface area contributed by atoms with Crippen molar-refractivity contribution in [1.82, 2.24) is 0 Å². The second-order valence-electron chi connectivity index (χ2n) is 8.91. The van der Waals surface area contributed by atoms with Gasteiger partial charge in [0.15, 0.2) is 17.9 Å². The molecule has 3 aliphatic heterocycles. The van der Waals surface area contributed by atoms with E-state index in [1.165, 1.54) is 25.7 Å². The molecule has 2 aliphatic carbocycles. The highest BCUT2D eigenvalue weighted by Crippen LogP contribution is 2.48. The van der Waals surface area contributed by atoms with Crippen LogP contribution in [0.5, 0.6) is 0 Å². The fraction of sp³-hybridized carbons (Fsp3) is 1.00. The van der Waals surface area contributed by atoms with Gasteiger partial charge in [0.25, 0.3) is 0 Å². The van der Waals surface area contributed by atoms with Gasteiger partial charge < -0.3 is 28.4 Å². The van der Waals surface area contributed by atoms with Gasteiger partial charge in [0.2, 0.25) is 0 Å². The zero-order valence-electron chi connectivity index (χ0n) is 16.5. The average Bonchev–Trinajstić information content (AvgIpc) is 3.33. The first kappa shape index (κ1) is 18.8. The smallest absolute Gasteiger partial charge is 0.190 e. The van der Waals surface area contributed by atoms with E-state index in [1.54, 1.807) is 0 Å². The third-order valence-electron chi connectivity index (χ3n) is 6.88. The quantitative estimate of drug-likeness (QED) is 0.740. The summed E-state index contributed by atoms with van der Waals surface area (Å²) in [5, 5.41) is 0. The molecule has 0 bridgehead atoms. The van der Waals surface area contributed by atoms with Crippen molar-refractivity contribution in [2.24, 2.45) is 0 Å². The molecule has 6 heteroatoms. The standard InChI is InChI=1S/C21H34O6/c1-2-13-22-17-16(15-14-23-20(25-15)9-5-3-6-10-20)24-19-18(17)26-21(27-19)11-7-4-8-12-21/h15-19H,2-14H2,1H3/t15-,16+,17+,18+,19-/m0/s1. The number of fused-ring (bicyclic) bond motifs is 1. The average molecular weight is 382 g/mol. The minimum absolute atomic E-state index is 0.106. The number of hydrogen-bond acceptors (Lipinski definition) is 6. The molecule has 0 aromatic heterocycles. The Kier molecular flexibility index (Phi) is 5.24. The third kappa shape index (κ3) is 3.47. The maximum Gasteiger partial charge on any atom is 0.190 e. The van der Waals surface area contributed by atoms with Crippen LogP contribution in [0.15, 0.2) is 0 Å². The maximum atomic E-state index is 6.48. The van der Waals surface area contributed by atoms with E-state index in [-0.39, 0.29) is 30.7 Å². The van der Waals surface area contributed by atoms with E-state index in [0.29, 0.717) is 13.2 Å². The second kappa shape index (κ2) is 7.54. The summed E-state index contributed by atoms with van der Waals surface area (Å²) in [6.07, 6.45) is 11.1. The van der Waals surface area contributed by atoms with E-state index in [0.717, 1.165) is 44.9 Å². The first-order chi connectivity index (χ1) is 13.2. The van der Waals surface area contributed by atoms with E-state index in [4.69, 9.17) is 28.4 Å². The Morgan fingerprint density at radius 2 is 1.52 bits per heavy atom. The lowest BCUT2D eigenvalue weighted by molar-refractivity contribution is -0.262. The van der Waals surface area contributed by atoms with Crippen molar-refractivity contribution in [1.29, 1.82) is 0 Å². The lowest BCUT2D eigenvalue weighted by Crippen LogP contribution is -2.46. The summed E-state index contributed by atoms with van der Waals surface area (Å²) < 4.78 is 38.0. The van der Waals surface area contributed by atoms with E-state index < -0.39 is 11.6 Å². The molecule has 27 heavy (non-hydrogen) atoms. The number of ether oxygens (including phenoxy) is 6. The van der Waals surface area contributed by atoms with E-state index in [2.05, 4.69) is 6.92 Å². The molecule has 0 amide bonds. The van der Waals surface area contributed by atoms with Crippen molar-refractivity contribution in [3.63, 3.8) is 0 Å². The fourth-order valence-electron chi connectivity index (χ4n) is 5.52. The van der Waals surface area contributed by atoms with Crippen molar-refractivity contribution in [2.45, 2.75) is 120 Å². The molecule has 0 radical (unpaired) electrons. The van der Waals surface area contributed by atoms with Gasteiger partial charge in [-0.15, -0.1) is 0 Å². The maximum absolute atomic E-state index is 6.48. The topological polar surface area (TPSA) is 55.4 Å². The summed E-state index contributed by atoms with van der Waals surface area (Å²) in [5.74, 6) is -0.852. The van der Waals surface area contributed by atoms with Crippen LogP contribution in [0.4, 0.5) is 0 Å². The van der Waals surface area contributed by atoms with Crippen LogP contribution in [0.3, 0.4) is 0 Å². The second-order valence-corrected chi connectivity index (χ2v) is 8.91. The predicted molar refractivity (Wildman–Crippen MR) is 97.1 cm³/mol. The van der Waals surface area contributed by atoms with E-state index >= 15 is 0 Å². The van der Waals surface area contributed by atoms with Gasteiger partial charge in [-0.05, 0) is 32.1 Å². The van der Waals surface area contributed by atoms with Crippen LogP contribution >= 0.6 is 0 Å². The molecule has 0 N–H and O–H groups in total. The van der Waals surface area contributed by atoms with Crippen molar-refractivity contribution in [3.8, 4) is 0 Å². The monoisotopic (exact) mass is 382 g/mol. The highest BCUT2D eigenvalue weighted by atomic mass is 16.9. The molecule has 154 valence electrons. The Morgan fingerprint density at radius 3 is 2.22 bits per heavy atom. The molecule has 3 heterocycles. The van der Waals surface area contributed by atoms with Crippen molar-refractivity contribution < 1.29 is 28.4 Å². The molecule has 0 unspecified atom stereocenters. The predicted octanol–water partition coefficient (Wildman–Crippen LogP) is 3.66. The summed E-state index contributed by atoms with van der Waals surface area (Å²) in [6, 6.07) is 0. The molecular formula is C21H34O6. The van der Waals surface area contributed by atoms with Crippen LogP contribution in [0, 0.1) is 0 Å². The zero-order chi connectivity index (χ0) is 18.3. The molecule has 5 aliphatic rings. The Balaban J connectivity index is 1.29. The van der Waals surface area contributed by atoms with Crippen LogP contribution in [-0.4, -0.2) is 55.5 Å². The molecule has 5 fully saturated rings. The molecule has 2 saturated carbocycles. The van der Waals surface area contributed by atoms with Gasteiger partial charge in [0.05, 0.1) is 6.61 Å². The van der Waals surface area contributed by atoms with Gasteiger partial charge in [-0.3, -0.25) is 0 Å². The molecule has 0 aromatic carbocycles. The zero-order valence-corrected chi connectivity index (χ0v) is 16.5. The molecule has 0 aromatic rings. The Labute approximate surface area is 162 Å². The number of rotatable bonds is 4. The van der Waals surface area contributed by atoms with Crippen LogP contribution in [0.2, 0.25) is 0 Å². The third-order valence-corrected chi connectivity index (χ3v) is 6.88. The molecule has 5 rings (SSSR count). The highest BCUT2D eigenvalue weighted by Gasteiger charge is 2.61. The SMILES string of the molecule is CCCO[C@H]1[C@H]2OC3(CCCCC3)O[C@@H]2O[C@@H]1[C@@H]1COC2(CCCCC2)O1. The summed E-state index contributed by atoms with van der Waals surface area (Å²) in [5.41, 5.74) is 0. The molecule has 2 spiro atoms. The van der Waals surface area contributed by atoms with E-state index in [9.17, 15) is 0 Å². The first-order valence-electron chi connectivity index (χ1n) is 11.2. The van der Waals surface area contributed by atoms with Gasteiger partial charge in [0.1, 0.15) is 24.4 Å². The fourth-order valence-corrected chi connectivity index (χ4v) is 5.52. The number of hydrogen-bond donors (Lipinski definition) is 0. The molecule has 5 atom stereocenters. The Hall–Kier alpha value is -0.240. The minimum atomic E-state index is -0.454. The summed E-state index contributed by atoms with van der Waals surface area (Å²) in [4.78, 5) is 0. The van der Waals surface area contributed by atoms with Crippen LogP contribution in [0.25, 0.3) is 0 Å². The van der Waals surface area contributed by atoms with Gasteiger partial charge in [0, 0.05) is 32.3 Å². The largest absolute Gasteiger partial charge is 0.372 e. The van der Waals surface area contributed by atoms with Crippen molar-refractivity contribution in [3.05, 3.63) is 0 Å². The summed E-state index contributed by atoms with van der Waals surface area (Å²) in [7, 11) is 0. The van der Waals surface area contributed by atoms with Gasteiger partial charge in [-0.25, -0.2) is 0 Å². The lowest BCUT2D eigenvalue weighted by Gasteiger charge is -2.35. The normalized spacial score (nSPS) is 42.8. The van der Waals surface area contributed by atoms with Gasteiger partial charge >= 0.3 is 0 Å². The van der Waals surface area contributed by atoms with Crippen molar-refractivity contribution in [2.75, 3.05) is 13.2 Å². The summed E-state index contributed by atoms with van der Waals surface area (Å²) >= 11 is 0. The van der Waals surface area contributed by atoms with Crippen LogP contribution in [0.1, 0.15) is 77.6 Å². The Morgan fingerprint density at radius 1 is 0.815 bits per heavy atom. The van der Waals surface area contributed by atoms with Crippen LogP contribution < -0.4 is 0 Å².